The monoisotopic (exact) mass is 310 g/mol. The van der Waals surface area contributed by atoms with Crippen molar-refractivity contribution in [3.05, 3.63) is 15.9 Å². The molecule has 0 aliphatic heterocycles. The van der Waals surface area contributed by atoms with Gasteiger partial charge in [-0.1, -0.05) is 0 Å². The van der Waals surface area contributed by atoms with Gasteiger partial charge in [-0.25, -0.2) is 0 Å². The summed E-state index contributed by atoms with van der Waals surface area (Å²) in [5.41, 5.74) is 1.68. The van der Waals surface area contributed by atoms with Gasteiger partial charge in [-0.05, 0) is 56.0 Å². The predicted molar refractivity (Wildman–Crippen MR) is 74.2 cm³/mol. The maximum atomic E-state index is 9.32. The molecule has 1 aliphatic carbocycles. The molecule has 2 rings (SSSR count). The van der Waals surface area contributed by atoms with Crippen molar-refractivity contribution in [2.45, 2.75) is 58.2 Å². The first-order chi connectivity index (χ1) is 8.45. The average molecular weight is 311 g/mol. The van der Waals surface area contributed by atoms with Crippen molar-refractivity contribution in [3.8, 4) is 6.07 Å². The molecule has 0 bridgehead atoms. The van der Waals surface area contributed by atoms with Crippen molar-refractivity contribution in [1.82, 2.24) is 15.1 Å². The van der Waals surface area contributed by atoms with E-state index >= 15 is 0 Å². The van der Waals surface area contributed by atoms with Crippen LogP contribution in [0.15, 0.2) is 4.47 Å². The quantitative estimate of drug-likeness (QED) is 0.909. The van der Waals surface area contributed by atoms with E-state index in [1.54, 1.807) is 0 Å². The van der Waals surface area contributed by atoms with E-state index in [9.17, 15) is 5.26 Å². The Labute approximate surface area is 116 Å². The minimum atomic E-state index is -0.445. The van der Waals surface area contributed by atoms with E-state index in [2.05, 4.69) is 32.4 Å². The number of nitrogens with zero attached hydrogens (tertiary/aromatic N) is 3. The molecule has 1 aliphatic rings. The van der Waals surface area contributed by atoms with Crippen LogP contribution in [0.3, 0.4) is 0 Å². The largest absolute Gasteiger partial charge is 0.297 e. The first-order valence-corrected chi connectivity index (χ1v) is 7.13. The molecule has 0 spiro atoms. The van der Waals surface area contributed by atoms with Crippen molar-refractivity contribution in [2.24, 2.45) is 0 Å². The first-order valence-electron chi connectivity index (χ1n) is 6.33. The summed E-state index contributed by atoms with van der Waals surface area (Å²) in [6, 6.07) is 2.94. The molecule has 1 aromatic rings. The molecule has 0 amide bonds. The molecule has 0 saturated heterocycles. The summed E-state index contributed by atoms with van der Waals surface area (Å²) in [5.74, 6) is 0. The van der Waals surface area contributed by atoms with Gasteiger partial charge in [0.2, 0.25) is 0 Å². The van der Waals surface area contributed by atoms with Crippen LogP contribution in [0.1, 0.15) is 37.6 Å². The molecule has 4 nitrogen and oxygen atoms in total. The summed E-state index contributed by atoms with van der Waals surface area (Å²) in [7, 11) is 0. The maximum absolute atomic E-state index is 9.32. The van der Waals surface area contributed by atoms with Crippen LogP contribution in [0.25, 0.3) is 0 Å². The van der Waals surface area contributed by atoms with E-state index in [4.69, 9.17) is 0 Å². The summed E-state index contributed by atoms with van der Waals surface area (Å²) in [5, 5.41) is 17.2. The fraction of sp³-hybridized carbons (Fsp3) is 0.692. The molecule has 1 heterocycles. The maximum Gasteiger partial charge on any atom is 0.105 e. The Morgan fingerprint density at radius 2 is 2.22 bits per heavy atom. The molecule has 1 aromatic heterocycles. The zero-order chi connectivity index (χ0) is 13.3. The highest BCUT2D eigenvalue weighted by Crippen LogP contribution is 2.25. The molecule has 1 atom stereocenters. The highest BCUT2D eigenvalue weighted by atomic mass is 79.9. The smallest absolute Gasteiger partial charge is 0.105 e. The first kappa shape index (κ1) is 13.6. The molecule has 1 fully saturated rings. The second-order valence-corrected chi connectivity index (χ2v) is 6.11. The second kappa shape index (κ2) is 5.02. The van der Waals surface area contributed by atoms with E-state index in [1.165, 1.54) is 12.8 Å². The summed E-state index contributed by atoms with van der Waals surface area (Å²) in [6.45, 7) is 6.77. The van der Waals surface area contributed by atoms with Crippen molar-refractivity contribution < 1.29 is 0 Å². The molecular weight excluding hydrogens is 292 g/mol. The van der Waals surface area contributed by atoms with Crippen molar-refractivity contribution in [1.29, 1.82) is 5.26 Å². The Hall–Kier alpha value is -0.860. The van der Waals surface area contributed by atoms with Gasteiger partial charge in [0.25, 0.3) is 0 Å². The molecule has 0 radical (unpaired) electrons. The van der Waals surface area contributed by atoms with Gasteiger partial charge < -0.3 is 0 Å². The number of hydrogen-bond acceptors (Lipinski definition) is 3. The molecule has 1 N–H and O–H groups in total. The van der Waals surface area contributed by atoms with E-state index in [0.29, 0.717) is 6.04 Å². The Morgan fingerprint density at radius 3 is 2.67 bits per heavy atom. The second-order valence-electron chi connectivity index (χ2n) is 5.32. The summed E-state index contributed by atoms with van der Waals surface area (Å²) in [6.07, 6.45) is 3.17. The number of halogens is 1. The van der Waals surface area contributed by atoms with Crippen molar-refractivity contribution in [3.63, 3.8) is 0 Å². The Morgan fingerprint density at radius 1 is 1.56 bits per heavy atom. The number of nitriles is 1. The van der Waals surface area contributed by atoms with Crippen LogP contribution in [0.5, 0.6) is 0 Å². The van der Waals surface area contributed by atoms with E-state index in [1.807, 2.05) is 25.5 Å². The molecule has 18 heavy (non-hydrogen) atoms. The van der Waals surface area contributed by atoms with Gasteiger partial charge >= 0.3 is 0 Å². The van der Waals surface area contributed by atoms with E-state index < -0.39 is 5.54 Å². The normalized spacial score (nSPS) is 18.4. The summed E-state index contributed by atoms with van der Waals surface area (Å²) in [4.78, 5) is 0. The zero-order valence-electron chi connectivity index (χ0n) is 11.1. The van der Waals surface area contributed by atoms with Crippen LogP contribution in [0, 0.1) is 25.2 Å². The molecule has 98 valence electrons. The highest BCUT2D eigenvalue weighted by Gasteiger charge is 2.32. The SMILES string of the molecule is Cc1nn(CCC(C)(C#N)NC2CC2)c(C)c1Br. The number of rotatable bonds is 5. The van der Waals surface area contributed by atoms with Crippen LogP contribution in [0.4, 0.5) is 0 Å². The van der Waals surface area contributed by atoms with Crippen molar-refractivity contribution >= 4 is 15.9 Å². The van der Waals surface area contributed by atoms with Crippen LogP contribution in [-0.2, 0) is 6.54 Å². The Balaban J connectivity index is 2.01. The summed E-state index contributed by atoms with van der Waals surface area (Å²) >= 11 is 3.52. The van der Waals surface area contributed by atoms with Gasteiger partial charge in [-0.3, -0.25) is 10.00 Å². The predicted octanol–water partition coefficient (Wildman–Crippen LogP) is 2.69. The average Bonchev–Trinajstić information content (AvgIpc) is 3.11. The molecule has 5 heteroatoms. The van der Waals surface area contributed by atoms with Crippen LogP contribution >= 0.6 is 15.9 Å². The van der Waals surface area contributed by atoms with Gasteiger partial charge in [0, 0.05) is 18.3 Å². The van der Waals surface area contributed by atoms with Gasteiger partial charge in [-0.2, -0.15) is 10.4 Å². The topological polar surface area (TPSA) is 53.6 Å². The Kier molecular flexibility index (Phi) is 3.79. The molecule has 1 unspecified atom stereocenters. The lowest BCUT2D eigenvalue weighted by Crippen LogP contribution is -2.43. The van der Waals surface area contributed by atoms with Crippen LogP contribution in [0.2, 0.25) is 0 Å². The number of aromatic nitrogens is 2. The van der Waals surface area contributed by atoms with Crippen molar-refractivity contribution in [2.75, 3.05) is 0 Å². The molecule has 1 saturated carbocycles. The molecular formula is C13H19BrN4. The van der Waals surface area contributed by atoms with E-state index in [-0.39, 0.29) is 0 Å². The summed E-state index contributed by atoms with van der Waals surface area (Å²) < 4.78 is 3.04. The van der Waals surface area contributed by atoms with Gasteiger partial charge in [0.05, 0.1) is 16.2 Å². The Bertz CT molecular complexity index is 484. The fourth-order valence-corrected chi connectivity index (χ4v) is 2.34. The lowest BCUT2D eigenvalue weighted by molar-refractivity contribution is 0.376. The van der Waals surface area contributed by atoms with E-state index in [0.717, 1.165) is 28.8 Å². The van der Waals surface area contributed by atoms with Gasteiger partial charge in [0.1, 0.15) is 5.54 Å². The van der Waals surface area contributed by atoms with Gasteiger partial charge in [0.15, 0.2) is 0 Å². The standard InChI is InChI=1S/C13H19BrN4/c1-9-12(14)10(2)18(17-9)7-6-13(3,8-15)16-11-4-5-11/h11,16H,4-7H2,1-3H3. The third-order valence-corrected chi connectivity index (χ3v) is 4.61. The zero-order valence-corrected chi connectivity index (χ0v) is 12.7. The lowest BCUT2D eigenvalue weighted by Gasteiger charge is -2.23. The minimum absolute atomic E-state index is 0.445. The fourth-order valence-electron chi connectivity index (χ4n) is 2.06. The lowest BCUT2D eigenvalue weighted by atomic mass is 10.00. The number of hydrogen-bond donors (Lipinski definition) is 1. The minimum Gasteiger partial charge on any atom is -0.297 e. The highest BCUT2D eigenvalue weighted by molar-refractivity contribution is 9.10. The van der Waals surface area contributed by atoms with Crippen LogP contribution in [-0.4, -0.2) is 21.4 Å². The van der Waals surface area contributed by atoms with Gasteiger partial charge in [-0.15, -0.1) is 0 Å². The van der Waals surface area contributed by atoms with Crippen LogP contribution < -0.4 is 5.32 Å². The number of aryl methyl sites for hydroxylation is 2. The molecule has 0 aromatic carbocycles. The third kappa shape index (κ3) is 2.93. The number of nitrogens with one attached hydrogen (secondary N) is 1. The third-order valence-electron chi connectivity index (χ3n) is 3.46.